The maximum absolute atomic E-state index is 6.01. The van der Waals surface area contributed by atoms with Gasteiger partial charge in [-0.1, -0.05) is 232 Å². The first-order chi connectivity index (χ1) is 23.9. The van der Waals surface area contributed by atoms with Gasteiger partial charge in [0.1, 0.15) is 11.5 Å². The maximum Gasteiger partial charge on any atom is 0.123 e. The van der Waals surface area contributed by atoms with Crippen molar-refractivity contribution in [1.82, 2.24) is 0 Å². The minimum Gasteiger partial charge on any atom is -0.493 e. The van der Waals surface area contributed by atoms with Gasteiger partial charge in [-0.25, -0.2) is 0 Å². The minimum atomic E-state index is 0.801. The van der Waals surface area contributed by atoms with E-state index in [0.717, 1.165) is 37.6 Å². The maximum atomic E-state index is 6.01. The number of benzene rings is 1. The van der Waals surface area contributed by atoms with Crippen molar-refractivity contribution in [2.75, 3.05) is 13.2 Å². The summed E-state index contributed by atoms with van der Waals surface area (Å²) in [6.45, 7) is 6.20. The van der Waals surface area contributed by atoms with E-state index >= 15 is 0 Å². The molecule has 0 spiro atoms. The molecule has 0 aliphatic heterocycles. The van der Waals surface area contributed by atoms with Crippen LogP contribution in [0.3, 0.4) is 0 Å². The molecule has 0 N–H and O–H groups in total. The zero-order chi connectivity index (χ0) is 34.3. The zero-order valence-electron chi connectivity index (χ0n) is 32.9. The molecule has 0 fully saturated rings. The summed E-state index contributed by atoms with van der Waals surface area (Å²) in [6.07, 6.45) is 50.7. The first-order valence-electron chi connectivity index (χ1n) is 22.1. The topological polar surface area (TPSA) is 18.5 Å². The summed E-state index contributed by atoms with van der Waals surface area (Å²) < 4.78 is 12.0. The van der Waals surface area contributed by atoms with Crippen LogP contribution in [-0.4, -0.2) is 13.2 Å². The molecule has 48 heavy (non-hydrogen) atoms. The van der Waals surface area contributed by atoms with Crippen LogP contribution in [0, 0.1) is 6.07 Å². The molecule has 0 aliphatic carbocycles. The fraction of sp³-hybridized carbons (Fsp3) is 0.870. The summed E-state index contributed by atoms with van der Waals surface area (Å²) in [5.41, 5.74) is 0. The molecule has 1 radical (unpaired) electrons. The van der Waals surface area contributed by atoms with E-state index in [1.54, 1.807) is 0 Å². The van der Waals surface area contributed by atoms with Gasteiger partial charge in [0.15, 0.2) is 0 Å². The summed E-state index contributed by atoms with van der Waals surface area (Å²) in [4.78, 5) is 0. The van der Waals surface area contributed by atoms with Gasteiger partial charge in [-0.3, -0.25) is 0 Å². The lowest BCUT2D eigenvalue weighted by Gasteiger charge is -2.10. The quantitative estimate of drug-likeness (QED) is 0.0648. The third-order valence-electron chi connectivity index (χ3n) is 10.3. The van der Waals surface area contributed by atoms with Crippen molar-refractivity contribution in [3.63, 3.8) is 0 Å². The number of ether oxygens (including phenoxy) is 2. The molecule has 1 aromatic carbocycles. The third-order valence-corrected chi connectivity index (χ3v) is 10.3. The van der Waals surface area contributed by atoms with Crippen LogP contribution in [0.15, 0.2) is 18.2 Å². The first-order valence-corrected chi connectivity index (χ1v) is 22.1. The molecule has 1 aromatic rings. The minimum absolute atomic E-state index is 0.801. The Hall–Kier alpha value is -1.18. The van der Waals surface area contributed by atoms with E-state index < -0.39 is 0 Å². The smallest absolute Gasteiger partial charge is 0.123 e. The van der Waals surface area contributed by atoms with Crippen molar-refractivity contribution in [3.8, 4) is 11.5 Å². The third kappa shape index (κ3) is 33.3. The van der Waals surface area contributed by atoms with E-state index in [1.807, 2.05) is 18.2 Å². The van der Waals surface area contributed by atoms with Gasteiger partial charge < -0.3 is 9.47 Å². The van der Waals surface area contributed by atoms with Gasteiger partial charge in [-0.15, -0.1) is 0 Å². The lowest BCUT2D eigenvalue weighted by atomic mass is 10.0. The molecule has 2 nitrogen and oxygen atoms in total. The second-order valence-electron chi connectivity index (χ2n) is 15.1. The van der Waals surface area contributed by atoms with Gasteiger partial charge in [-0.05, 0) is 31.0 Å². The molecule has 2 heteroatoms. The summed E-state index contributed by atoms with van der Waals surface area (Å²) in [5, 5.41) is 0. The van der Waals surface area contributed by atoms with Gasteiger partial charge in [0.2, 0.25) is 0 Å². The van der Waals surface area contributed by atoms with Crippen molar-refractivity contribution in [2.24, 2.45) is 0 Å². The Balaban J connectivity index is 1.81. The lowest BCUT2D eigenvalue weighted by molar-refractivity contribution is 0.289. The van der Waals surface area contributed by atoms with Crippen LogP contribution in [0.4, 0.5) is 0 Å². The van der Waals surface area contributed by atoms with Crippen LogP contribution in [-0.2, 0) is 0 Å². The van der Waals surface area contributed by atoms with Crippen molar-refractivity contribution in [2.45, 2.75) is 245 Å². The normalized spacial score (nSPS) is 11.4. The van der Waals surface area contributed by atoms with Crippen molar-refractivity contribution in [3.05, 3.63) is 24.3 Å². The predicted octanol–water partition coefficient (Wildman–Crippen LogP) is 16.3. The molecule has 0 saturated heterocycles. The molecule has 0 heterocycles. The monoisotopic (exact) mass is 670 g/mol. The van der Waals surface area contributed by atoms with Gasteiger partial charge in [0.25, 0.3) is 0 Å². The largest absolute Gasteiger partial charge is 0.493 e. The van der Waals surface area contributed by atoms with Crippen molar-refractivity contribution < 1.29 is 9.47 Å². The fourth-order valence-electron chi connectivity index (χ4n) is 6.98. The average molecular weight is 670 g/mol. The van der Waals surface area contributed by atoms with Crippen LogP contribution < -0.4 is 9.47 Å². The van der Waals surface area contributed by atoms with Crippen LogP contribution in [0.1, 0.15) is 245 Å². The first kappa shape index (κ1) is 44.8. The number of hydrogen-bond donors (Lipinski definition) is 0. The van der Waals surface area contributed by atoms with Gasteiger partial charge in [0.05, 0.1) is 13.2 Å². The van der Waals surface area contributed by atoms with Crippen molar-refractivity contribution in [1.29, 1.82) is 0 Å². The van der Waals surface area contributed by atoms with Crippen LogP contribution >= 0.6 is 0 Å². The zero-order valence-corrected chi connectivity index (χ0v) is 32.9. The Morgan fingerprint density at radius 2 is 0.521 bits per heavy atom. The van der Waals surface area contributed by atoms with Crippen LogP contribution in [0.2, 0.25) is 0 Å². The predicted molar refractivity (Wildman–Crippen MR) is 214 cm³/mol. The molecule has 0 atom stereocenters. The summed E-state index contributed by atoms with van der Waals surface area (Å²) >= 11 is 0. The Morgan fingerprint density at radius 3 is 0.750 bits per heavy atom. The molecule has 0 saturated carbocycles. The van der Waals surface area contributed by atoms with Crippen LogP contribution in [0.25, 0.3) is 0 Å². The lowest BCUT2D eigenvalue weighted by Crippen LogP contribution is -2.00. The average Bonchev–Trinajstić information content (AvgIpc) is 3.10. The Morgan fingerprint density at radius 1 is 0.312 bits per heavy atom. The van der Waals surface area contributed by atoms with E-state index in [0.29, 0.717) is 0 Å². The summed E-state index contributed by atoms with van der Waals surface area (Å²) in [7, 11) is 0. The van der Waals surface area contributed by atoms with Crippen LogP contribution in [0.5, 0.6) is 11.5 Å². The molecule has 0 unspecified atom stereocenters. The molecule has 1 rings (SSSR count). The van der Waals surface area contributed by atoms with Gasteiger partial charge in [-0.2, -0.15) is 0 Å². The van der Waals surface area contributed by atoms with E-state index in [9.17, 15) is 0 Å². The highest BCUT2D eigenvalue weighted by Gasteiger charge is 2.01. The number of rotatable bonds is 40. The molecule has 0 aromatic heterocycles. The number of hydrogen-bond acceptors (Lipinski definition) is 2. The molecule has 0 aliphatic rings. The van der Waals surface area contributed by atoms with E-state index in [4.69, 9.17) is 9.47 Å². The Kier molecular flexibility index (Phi) is 36.1. The fourth-order valence-corrected chi connectivity index (χ4v) is 6.98. The highest BCUT2D eigenvalue weighted by atomic mass is 16.5. The van der Waals surface area contributed by atoms with E-state index in [1.165, 1.54) is 218 Å². The Bertz CT molecular complexity index is 673. The molecule has 0 amide bonds. The van der Waals surface area contributed by atoms with Gasteiger partial charge >= 0.3 is 0 Å². The summed E-state index contributed by atoms with van der Waals surface area (Å²) in [6, 6.07) is 9.13. The highest BCUT2D eigenvalue weighted by molar-refractivity contribution is 5.32. The van der Waals surface area contributed by atoms with E-state index in [-0.39, 0.29) is 0 Å². The second kappa shape index (κ2) is 38.6. The Labute approximate surface area is 302 Å². The summed E-state index contributed by atoms with van der Waals surface area (Å²) in [5.74, 6) is 1.80. The standard InChI is InChI=1S/C46H85O2/c1-3-5-7-9-11-13-15-17-19-21-23-25-27-29-31-33-35-37-42-47-45-40-39-41-46(44-45)48-43-38-36-34-32-30-28-26-24-22-20-18-16-14-12-10-8-6-4-2/h40-41,44H,3-38,42-43H2,1-2H3. The molecule has 0 bridgehead atoms. The second-order valence-corrected chi connectivity index (χ2v) is 15.1. The molecular weight excluding hydrogens is 585 g/mol. The SMILES string of the molecule is CCCCCCCCCCCCCCCCCCCCOc1c[c]cc(OCCCCCCCCCCCCCCCCCCCC)c1. The van der Waals surface area contributed by atoms with E-state index in [2.05, 4.69) is 19.9 Å². The highest BCUT2D eigenvalue weighted by Crippen LogP contribution is 2.21. The van der Waals surface area contributed by atoms with Crippen molar-refractivity contribution >= 4 is 0 Å². The molecule has 281 valence electrons. The number of unbranched alkanes of at least 4 members (excludes halogenated alkanes) is 34. The van der Waals surface area contributed by atoms with Gasteiger partial charge in [0, 0.05) is 6.07 Å². The molecular formula is C46H85O2.